The molecule has 0 saturated carbocycles. The molecule has 6 nitrogen and oxygen atoms in total. The molecule has 0 radical (unpaired) electrons. The zero-order valence-electron chi connectivity index (χ0n) is 16.4. The first-order valence-corrected chi connectivity index (χ1v) is 10.4. The van der Waals surface area contributed by atoms with Crippen LogP contribution < -0.4 is 10.6 Å². The molecule has 1 aromatic carbocycles. The van der Waals surface area contributed by atoms with E-state index in [-0.39, 0.29) is 12.1 Å². The Morgan fingerprint density at radius 1 is 1.24 bits per heavy atom. The molecule has 2 unspecified atom stereocenters. The number of halogens is 2. The normalized spacial score (nSPS) is 19.7. The average Bonchev–Trinajstić information content (AvgIpc) is 3.05. The van der Waals surface area contributed by atoms with Crippen molar-refractivity contribution in [1.82, 2.24) is 15.2 Å². The summed E-state index contributed by atoms with van der Waals surface area (Å²) in [5.41, 5.74) is 0.574. The quantitative estimate of drug-likeness (QED) is 0.749. The number of benzene rings is 1. The number of nitrogens with one attached hydrogen (secondary N) is 2. The maximum atomic E-state index is 13.6. The fraction of sp³-hybridized carbons (Fsp3) is 0.450. The van der Waals surface area contributed by atoms with Crippen molar-refractivity contribution in [3.63, 3.8) is 0 Å². The Morgan fingerprint density at radius 2 is 1.97 bits per heavy atom. The first-order valence-electron chi connectivity index (χ1n) is 9.50. The minimum absolute atomic E-state index is 0.319. The zero-order chi connectivity index (χ0) is 21.0. The van der Waals surface area contributed by atoms with E-state index in [1.165, 1.54) is 17.8 Å². The third-order valence-electron chi connectivity index (χ3n) is 4.71. The van der Waals surface area contributed by atoms with E-state index >= 15 is 0 Å². The second kappa shape index (κ2) is 9.41. The topological polar surface area (TPSA) is 74.3 Å². The molecule has 2 aromatic rings. The minimum Gasteiger partial charge on any atom is -0.343 e. The van der Waals surface area contributed by atoms with Gasteiger partial charge in [-0.15, -0.1) is 11.3 Å². The number of hydrogen-bond acceptors (Lipinski definition) is 5. The first-order chi connectivity index (χ1) is 13.8. The number of carbonyl (C=O) groups is 2. The van der Waals surface area contributed by atoms with Crippen LogP contribution in [0, 0.1) is 23.5 Å². The van der Waals surface area contributed by atoms with Gasteiger partial charge in [0, 0.05) is 31.1 Å². The fourth-order valence-corrected chi connectivity index (χ4v) is 4.40. The van der Waals surface area contributed by atoms with Crippen LogP contribution in [-0.4, -0.2) is 41.3 Å². The molecule has 29 heavy (non-hydrogen) atoms. The highest BCUT2D eigenvalue weighted by molar-refractivity contribution is 7.13. The molecule has 2 N–H and O–H groups in total. The van der Waals surface area contributed by atoms with Gasteiger partial charge in [-0.25, -0.2) is 13.8 Å². The number of aromatic nitrogens is 1. The molecule has 0 spiro atoms. The maximum Gasteiger partial charge on any atom is 0.254 e. The van der Waals surface area contributed by atoms with Crippen molar-refractivity contribution in [2.24, 2.45) is 11.8 Å². The summed E-state index contributed by atoms with van der Waals surface area (Å²) < 4.78 is 26.5. The lowest BCUT2D eigenvalue weighted by molar-refractivity contribution is -0.115. The van der Waals surface area contributed by atoms with E-state index in [4.69, 9.17) is 0 Å². The van der Waals surface area contributed by atoms with Crippen LogP contribution in [0.1, 0.15) is 36.3 Å². The van der Waals surface area contributed by atoms with E-state index in [2.05, 4.69) is 34.4 Å². The van der Waals surface area contributed by atoms with E-state index in [0.29, 0.717) is 23.0 Å². The lowest BCUT2D eigenvalue weighted by Gasteiger charge is -2.34. The molecule has 1 aromatic heterocycles. The zero-order valence-corrected chi connectivity index (χ0v) is 17.2. The van der Waals surface area contributed by atoms with Gasteiger partial charge in [0.15, 0.2) is 5.13 Å². The predicted molar refractivity (Wildman–Crippen MR) is 108 cm³/mol. The molecular formula is C20H24F2N4O2S. The number of anilines is 1. The van der Waals surface area contributed by atoms with Crippen molar-refractivity contribution < 1.29 is 18.4 Å². The number of carbonyl (C=O) groups excluding carboxylic acids is 2. The summed E-state index contributed by atoms with van der Waals surface area (Å²) >= 11 is 1.32. The molecule has 0 bridgehead atoms. The van der Waals surface area contributed by atoms with Gasteiger partial charge in [0.05, 0.1) is 17.8 Å². The third-order valence-corrected chi connectivity index (χ3v) is 5.52. The highest BCUT2D eigenvalue weighted by Gasteiger charge is 2.22. The monoisotopic (exact) mass is 422 g/mol. The fourth-order valence-electron chi connectivity index (χ4n) is 3.68. The third kappa shape index (κ3) is 6.04. The number of amides is 2. The molecule has 2 heterocycles. The Labute approximate surface area is 172 Å². The van der Waals surface area contributed by atoms with Crippen LogP contribution in [0.25, 0.3) is 0 Å². The largest absolute Gasteiger partial charge is 0.343 e. The van der Waals surface area contributed by atoms with Gasteiger partial charge in [0.2, 0.25) is 5.91 Å². The second-order valence-electron chi connectivity index (χ2n) is 7.64. The van der Waals surface area contributed by atoms with Crippen LogP contribution in [0.2, 0.25) is 0 Å². The molecule has 1 saturated heterocycles. The van der Waals surface area contributed by atoms with Crippen LogP contribution in [0.3, 0.4) is 0 Å². The summed E-state index contributed by atoms with van der Waals surface area (Å²) in [6.45, 7) is 6.97. The number of nitrogens with zero attached hydrogens (tertiary/aromatic N) is 2. The molecule has 2 amide bonds. The number of thiazole rings is 1. The Kier molecular flexibility index (Phi) is 6.92. The van der Waals surface area contributed by atoms with Crippen molar-refractivity contribution in [3.05, 3.63) is 46.5 Å². The van der Waals surface area contributed by atoms with E-state index in [9.17, 15) is 18.4 Å². The summed E-state index contributed by atoms with van der Waals surface area (Å²) in [7, 11) is 0. The number of hydrogen-bond donors (Lipinski definition) is 2. The Hall–Kier alpha value is -2.39. The first kappa shape index (κ1) is 21.3. The Balaban J connectivity index is 1.48. The Bertz CT molecular complexity index is 879. The number of rotatable bonds is 6. The van der Waals surface area contributed by atoms with Crippen molar-refractivity contribution >= 4 is 28.3 Å². The molecule has 9 heteroatoms. The predicted octanol–water partition coefficient (Wildman–Crippen LogP) is 3.27. The van der Waals surface area contributed by atoms with Crippen LogP contribution in [0.4, 0.5) is 13.9 Å². The van der Waals surface area contributed by atoms with Crippen LogP contribution in [0.5, 0.6) is 0 Å². The lowest BCUT2D eigenvalue weighted by atomic mass is 9.92. The van der Waals surface area contributed by atoms with Gasteiger partial charge in [-0.05, 0) is 30.4 Å². The summed E-state index contributed by atoms with van der Waals surface area (Å²) in [5.74, 6) is -1.69. The second-order valence-corrected chi connectivity index (χ2v) is 8.50. The van der Waals surface area contributed by atoms with Crippen LogP contribution in [0.15, 0.2) is 23.6 Å². The highest BCUT2D eigenvalue weighted by atomic mass is 32.1. The smallest absolute Gasteiger partial charge is 0.254 e. The molecule has 156 valence electrons. The van der Waals surface area contributed by atoms with Gasteiger partial charge in [-0.1, -0.05) is 13.8 Å². The van der Waals surface area contributed by atoms with Gasteiger partial charge in [-0.2, -0.15) is 0 Å². The molecule has 0 aliphatic carbocycles. The van der Waals surface area contributed by atoms with Crippen molar-refractivity contribution in [3.8, 4) is 0 Å². The van der Waals surface area contributed by atoms with E-state index in [0.717, 1.165) is 37.5 Å². The Morgan fingerprint density at radius 3 is 2.66 bits per heavy atom. The van der Waals surface area contributed by atoms with Crippen LogP contribution in [-0.2, 0) is 11.3 Å². The highest BCUT2D eigenvalue weighted by Crippen LogP contribution is 2.23. The number of piperidine rings is 1. The van der Waals surface area contributed by atoms with Gasteiger partial charge in [0.25, 0.3) is 5.91 Å². The molecule has 1 aliphatic rings. The van der Waals surface area contributed by atoms with Crippen molar-refractivity contribution in [2.75, 3.05) is 25.0 Å². The minimum atomic E-state index is -0.978. The van der Waals surface area contributed by atoms with Crippen molar-refractivity contribution in [1.29, 1.82) is 0 Å². The van der Waals surface area contributed by atoms with Gasteiger partial charge < -0.3 is 10.6 Å². The standard InChI is InChI=1S/C20H24F2N4O2S/c1-12-5-13(2)9-26(8-12)10-15-11-29-20(24-15)25-18(27)7-23-19(28)16-4-3-14(21)6-17(16)22/h3-4,6,11-13H,5,7-10H2,1-2H3,(H,23,28)(H,24,25,27). The van der Waals surface area contributed by atoms with Crippen molar-refractivity contribution in [2.45, 2.75) is 26.8 Å². The van der Waals surface area contributed by atoms with Gasteiger partial charge >= 0.3 is 0 Å². The lowest BCUT2D eigenvalue weighted by Crippen LogP contribution is -2.38. The summed E-state index contributed by atoms with van der Waals surface area (Å²) in [6.07, 6.45) is 1.24. The van der Waals surface area contributed by atoms with Gasteiger partial charge in [-0.3, -0.25) is 14.5 Å². The average molecular weight is 423 g/mol. The molecular weight excluding hydrogens is 398 g/mol. The van der Waals surface area contributed by atoms with Gasteiger partial charge in [0.1, 0.15) is 11.6 Å². The SMILES string of the molecule is CC1CC(C)CN(Cc2csc(NC(=O)CNC(=O)c3ccc(F)cc3F)n2)C1. The molecule has 1 fully saturated rings. The molecule has 1 aliphatic heterocycles. The summed E-state index contributed by atoms with van der Waals surface area (Å²) in [6, 6.07) is 2.64. The van der Waals surface area contributed by atoms with E-state index in [1.54, 1.807) is 0 Å². The van der Waals surface area contributed by atoms with E-state index < -0.39 is 23.4 Å². The van der Waals surface area contributed by atoms with Crippen LogP contribution >= 0.6 is 11.3 Å². The molecule has 3 rings (SSSR count). The maximum absolute atomic E-state index is 13.6. The molecule has 2 atom stereocenters. The van der Waals surface area contributed by atoms with E-state index in [1.807, 2.05) is 5.38 Å². The number of likely N-dealkylation sites (tertiary alicyclic amines) is 1. The summed E-state index contributed by atoms with van der Waals surface area (Å²) in [5, 5.41) is 7.30. The summed E-state index contributed by atoms with van der Waals surface area (Å²) in [4.78, 5) is 30.8.